The summed E-state index contributed by atoms with van der Waals surface area (Å²) in [4.78, 5) is 47.3. The first-order chi connectivity index (χ1) is 19.9. The summed E-state index contributed by atoms with van der Waals surface area (Å²) >= 11 is 0. The van der Waals surface area contributed by atoms with Gasteiger partial charge in [-0.2, -0.15) is 9.40 Å². The van der Waals surface area contributed by atoms with Gasteiger partial charge >= 0.3 is 11.9 Å². The molecule has 4 rings (SSSR count). The molecule has 1 aliphatic heterocycles. The number of hydrogen-bond acceptors (Lipinski definition) is 8. The van der Waals surface area contributed by atoms with E-state index < -0.39 is 33.7 Å². The number of carbonyl (C=O) groups is 4. The molecule has 1 amide bonds. The third-order valence-corrected chi connectivity index (χ3v) is 8.90. The molecule has 0 unspecified atom stereocenters. The van der Waals surface area contributed by atoms with Crippen molar-refractivity contribution in [3.63, 3.8) is 0 Å². The molecule has 42 heavy (non-hydrogen) atoms. The van der Waals surface area contributed by atoms with Crippen LogP contribution in [0.2, 0.25) is 0 Å². The molecule has 2 heterocycles. The highest BCUT2D eigenvalue weighted by Gasteiger charge is 2.29. The Morgan fingerprint density at radius 1 is 0.976 bits per heavy atom. The van der Waals surface area contributed by atoms with Crippen molar-refractivity contribution in [3.05, 3.63) is 70.5 Å². The second-order valence-corrected chi connectivity index (χ2v) is 11.9. The lowest BCUT2D eigenvalue weighted by atomic mass is 10.1. The number of anilines is 2. The van der Waals surface area contributed by atoms with Gasteiger partial charge in [-0.15, -0.1) is 0 Å². The van der Waals surface area contributed by atoms with Crippen LogP contribution in [-0.4, -0.2) is 76.0 Å². The third kappa shape index (κ3) is 6.83. The van der Waals surface area contributed by atoms with E-state index in [0.717, 1.165) is 30.2 Å². The van der Waals surface area contributed by atoms with Crippen molar-refractivity contribution < 1.29 is 37.8 Å². The van der Waals surface area contributed by atoms with Crippen LogP contribution in [0, 0.1) is 13.8 Å². The Bertz CT molecular complexity index is 1640. The number of rotatable bonds is 12. The van der Waals surface area contributed by atoms with Crippen molar-refractivity contribution >= 4 is 45.0 Å². The number of ketones is 1. The van der Waals surface area contributed by atoms with E-state index >= 15 is 0 Å². The van der Waals surface area contributed by atoms with Crippen LogP contribution in [-0.2, 0) is 37.4 Å². The molecule has 13 nitrogen and oxygen atoms in total. The normalized spacial score (nSPS) is 13.6. The first kappa shape index (κ1) is 30.4. The van der Waals surface area contributed by atoms with Crippen molar-refractivity contribution in [1.82, 2.24) is 14.1 Å². The molecule has 14 heteroatoms. The highest BCUT2D eigenvalue weighted by molar-refractivity contribution is 7.89. The van der Waals surface area contributed by atoms with Gasteiger partial charge in [0.25, 0.3) is 5.78 Å². The zero-order valence-corrected chi connectivity index (χ0v) is 23.9. The number of carboxylic acid groups (broad SMARTS) is 2. The second-order valence-electron chi connectivity index (χ2n) is 9.93. The van der Waals surface area contributed by atoms with Gasteiger partial charge in [-0.1, -0.05) is 12.1 Å². The van der Waals surface area contributed by atoms with Crippen LogP contribution in [0.3, 0.4) is 0 Å². The lowest BCUT2D eigenvalue weighted by Gasteiger charge is -2.17. The molecule has 4 N–H and O–H groups in total. The van der Waals surface area contributed by atoms with Crippen LogP contribution in [0.1, 0.15) is 45.7 Å². The van der Waals surface area contributed by atoms with E-state index in [1.165, 1.54) is 16.4 Å². The lowest BCUT2D eigenvalue weighted by Crippen LogP contribution is -2.28. The number of hydrogen-bond donors (Lipinski definition) is 4. The van der Waals surface area contributed by atoms with Crippen LogP contribution in [0.5, 0.6) is 0 Å². The van der Waals surface area contributed by atoms with Crippen molar-refractivity contribution in [1.29, 1.82) is 0 Å². The van der Waals surface area contributed by atoms with Crippen LogP contribution in [0.4, 0.5) is 11.4 Å². The molecule has 1 saturated heterocycles. The standard InChI is InChI=1S/C28H31N5O8S/c1-17-22(14-26(35)36)18(2)33(31-17)16-19-5-7-20(8-6-19)30-25(34)15-29-24-10-9-21(13-23(24)27(37)28(38)39)42(40,41)32-11-3-4-12-32/h5-10,13,29H,3-4,11-12,14-16H2,1-2H3,(H,30,34)(H,35,36)(H,38,39). The molecule has 222 valence electrons. The van der Waals surface area contributed by atoms with Crippen molar-refractivity contribution in [2.45, 2.75) is 44.6 Å². The SMILES string of the molecule is Cc1nn(Cc2ccc(NC(=O)CNc3ccc(S(=O)(=O)N4CCCC4)cc3C(=O)C(=O)O)cc2)c(C)c1CC(=O)O. The molecule has 0 bridgehead atoms. The fourth-order valence-electron chi connectivity index (χ4n) is 4.76. The Balaban J connectivity index is 1.41. The molecule has 0 aliphatic carbocycles. The third-order valence-electron chi connectivity index (χ3n) is 7.00. The fourth-order valence-corrected chi connectivity index (χ4v) is 6.30. The highest BCUT2D eigenvalue weighted by Crippen LogP contribution is 2.26. The van der Waals surface area contributed by atoms with E-state index in [1.807, 2.05) is 6.92 Å². The van der Waals surface area contributed by atoms with Gasteiger partial charge in [-0.25, -0.2) is 13.2 Å². The van der Waals surface area contributed by atoms with E-state index in [1.54, 1.807) is 35.9 Å². The zero-order valence-electron chi connectivity index (χ0n) is 23.1. The lowest BCUT2D eigenvalue weighted by molar-refractivity contribution is -0.136. The van der Waals surface area contributed by atoms with Gasteiger partial charge in [0.2, 0.25) is 15.9 Å². The molecule has 0 radical (unpaired) electrons. The van der Waals surface area contributed by atoms with Crippen LogP contribution < -0.4 is 10.6 Å². The smallest absolute Gasteiger partial charge is 0.377 e. The minimum absolute atomic E-state index is 0.0143. The van der Waals surface area contributed by atoms with Gasteiger partial charge in [0.1, 0.15) is 0 Å². The van der Waals surface area contributed by atoms with Crippen LogP contribution in [0.25, 0.3) is 0 Å². The number of aromatic nitrogens is 2. The Hall–Kier alpha value is -4.56. The van der Waals surface area contributed by atoms with Crippen molar-refractivity contribution in [2.24, 2.45) is 0 Å². The van der Waals surface area contributed by atoms with Crippen LogP contribution >= 0.6 is 0 Å². The first-order valence-corrected chi connectivity index (χ1v) is 14.6. The number of aryl methyl sites for hydroxylation is 1. The fraction of sp³-hybridized carbons (Fsp3) is 0.321. The predicted octanol–water partition coefficient (Wildman–Crippen LogP) is 2.28. The summed E-state index contributed by atoms with van der Waals surface area (Å²) in [7, 11) is -3.89. The van der Waals surface area contributed by atoms with Gasteiger partial charge < -0.3 is 20.8 Å². The average molecular weight is 598 g/mol. The topological polar surface area (TPSA) is 188 Å². The first-order valence-electron chi connectivity index (χ1n) is 13.2. The maximum Gasteiger partial charge on any atom is 0.377 e. The number of benzene rings is 2. The Kier molecular flexibility index (Phi) is 9.07. The monoisotopic (exact) mass is 597 g/mol. The summed E-state index contributed by atoms with van der Waals surface area (Å²) in [5.41, 5.74) is 3.10. The number of carbonyl (C=O) groups excluding carboxylic acids is 2. The minimum atomic E-state index is -3.89. The van der Waals surface area contributed by atoms with E-state index in [4.69, 9.17) is 5.11 Å². The Morgan fingerprint density at radius 2 is 1.64 bits per heavy atom. The quantitative estimate of drug-likeness (QED) is 0.178. The van der Waals surface area contributed by atoms with Gasteiger partial charge in [0.05, 0.1) is 35.7 Å². The maximum atomic E-state index is 12.9. The average Bonchev–Trinajstić information content (AvgIpc) is 3.58. The summed E-state index contributed by atoms with van der Waals surface area (Å²) < 4.78 is 28.8. The zero-order chi connectivity index (χ0) is 30.6. The number of sulfonamides is 1. The molecule has 0 saturated carbocycles. The number of nitrogens with one attached hydrogen (secondary N) is 2. The molecule has 2 aromatic carbocycles. The largest absolute Gasteiger partial charge is 0.481 e. The summed E-state index contributed by atoms with van der Waals surface area (Å²) in [5, 5.41) is 28.3. The molecular formula is C28H31N5O8S. The molecule has 0 atom stereocenters. The van der Waals surface area contributed by atoms with E-state index in [9.17, 15) is 32.7 Å². The maximum absolute atomic E-state index is 12.9. The van der Waals surface area contributed by atoms with E-state index in [2.05, 4.69) is 15.7 Å². The minimum Gasteiger partial charge on any atom is -0.481 e. The van der Waals surface area contributed by atoms with E-state index in [0.29, 0.717) is 36.6 Å². The summed E-state index contributed by atoms with van der Waals surface area (Å²) in [6, 6.07) is 10.5. The van der Waals surface area contributed by atoms with Crippen molar-refractivity contribution in [2.75, 3.05) is 30.3 Å². The predicted molar refractivity (Wildman–Crippen MR) is 152 cm³/mol. The number of carboxylic acids is 2. The second kappa shape index (κ2) is 12.5. The number of Topliss-reactive ketones (excluding diaryl/α,β-unsaturated/α-hetero) is 1. The molecular weight excluding hydrogens is 566 g/mol. The molecule has 0 spiro atoms. The van der Waals surface area contributed by atoms with Gasteiger partial charge in [-0.05, 0) is 62.6 Å². The summed E-state index contributed by atoms with van der Waals surface area (Å²) in [5.74, 6) is -4.47. The molecule has 1 aliphatic rings. The highest BCUT2D eigenvalue weighted by atomic mass is 32.2. The Labute approximate surface area is 242 Å². The van der Waals surface area contributed by atoms with Gasteiger partial charge in [-0.3, -0.25) is 19.1 Å². The summed E-state index contributed by atoms with van der Waals surface area (Å²) in [6.45, 7) is 4.36. The van der Waals surface area contributed by atoms with E-state index in [-0.39, 0.29) is 29.1 Å². The van der Waals surface area contributed by atoms with Crippen LogP contribution in [0.15, 0.2) is 47.4 Å². The number of amides is 1. The summed E-state index contributed by atoms with van der Waals surface area (Å²) in [6.07, 6.45) is 1.33. The number of nitrogens with zero attached hydrogens (tertiary/aromatic N) is 3. The van der Waals surface area contributed by atoms with Gasteiger partial charge in [0, 0.05) is 35.7 Å². The van der Waals surface area contributed by atoms with Crippen molar-refractivity contribution in [3.8, 4) is 0 Å². The molecule has 1 aromatic heterocycles. The molecule has 1 fully saturated rings. The Morgan fingerprint density at radius 3 is 2.26 bits per heavy atom. The van der Waals surface area contributed by atoms with Gasteiger partial charge in [0.15, 0.2) is 0 Å². The molecule has 3 aromatic rings. The number of aliphatic carboxylic acids is 2.